The first-order chi connectivity index (χ1) is 18.1. The topological polar surface area (TPSA) is 160 Å². The Labute approximate surface area is 217 Å². The number of amides is 1. The number of carboxylic acids is 1. The summed E-state index contributed by atoms with van der Waals surface area (Å²) in [6.07, 6.45) is -0.0692. The molecule has 0 fully saturated rings. The van der Waals surface area contributed by atoms with Gasteiger partial charge in [-0.25, -0.2) is 9.79 Å². The van der Waals surface area contributed by atoms with Crippen molar-refractivity contribution in [3.8, 4) is 28.2 Å². The molecule has 38 heavy (non-hydrogen) atoms. The molecule has 0 saturated carbocycles. The maximum atomic E-state index is 12.3. The highest BCUT2D eigenvalue weighted by molar-refractivity contribution is 6.08. The van der Waals surface area contributed by atoms with Gasteiger partial charge in [0.1, 0.15) is 23.7 Å². The number of carbonyl (C=O) groups is 2. The molecule has 0 unspecified atom stereocenters. The lowest BCUT2D eigenvalue weighted by molar-refractivity contribution is -0.463. The molecule has 1 aliphatic carbocycles. The molecule has 2 aliphatic rings. The average Bonchev–Trinajstić information content (AvgIpc) is 2.87. The van der Waals surface area contributed by atoms with Gasteiger partial charge in [0.25, 0.3) is 0 Å². The minimum Gasteiger partial charge on any atom is -0.508 e. The third-order valence-electron chi connectivity index (χ3n) is 5.76. The summed E-state index contributed by atoms with van der Waals surface area (Å²) < 4.78 is 11.1. The van der Waals surface area contributed by atoms with Gasteiger partial charge in [-0.1, -0.05) is 6.07 Å². The number of rotatable bonds is 9. The molecular weight excluding hydrogens is 492 g/mol. The summed E-state index contributed by atoms with van der Waals surface area (Å²) in [4.78, 5) is 38.8. The number of aliphatic hydroxyl groups excluding tert-OH is 1. The van der Waals surface area contributed by atoms with Crippen molar-refractivity contribution >= 4 is 28.7 Å². The number of fused-ring (bicyclic) bond motifs is 2. The molecule has 0 radical (unpaired) electrons. The molecule has 0 spiro atoms. The van der Waals surface area contributed by atoms with Crippen molar-refractivity contribution in [1.82, 2.24) is 5.32 Å². The van der Waals surface area contributed by atoms with Gasteiger partial charge in [0.15, 0.2) is 12.0 Å². The number of benzene rings is 3. The zero-order chi connectivity index (χ0) is 27.4. The number of carbonyl (C=O) groups excluding carboxylic acids is 1. The third kappa shape index (κ3) is 5.81. The number of ether oxygens (including phenoxy) is 1. The highest BCUT2D eigenvalue weighted by Crippen LogP contribution is 2.42. The number of phenols is 1. The van der Waals surface area contributed by atoms with Crippen molar-refractivity contribution in [2.75, 3.05) is 19.7 Å². The number of nitrogens with one attached hydrogen (secondary N) is 2. The standard InChI is InChI=1S/C28H26N2O8/c1-15(2)37-14-25(33)29-9-10-30-27(34)16-3-6-19(22(11-16)28(35)36)26-20-7-4-17(31)12-23(20)38-24-13-18(32)5-8-21(24)26/h3-8,11-13,15,31H,9-10,14H2,1-2H3,(H,29,33)(H,30,34)(H,35,36)/p+1. The Kier molecular flexibility index (Phi) is 7.73. The van der Waals surface area contributed by atoms with Crippen LogP contribution in [0.25, 0.3) is 33.4 Å². The molecule has 1 aliphatic heterocycles. The second kappa shape index (κ2) is 11.1. The summed E-state index contributed by atoms with van der Waals surface area (Å²) in [5, 5.41) is 33.7. The van der Waals surface area contributed by atoms with Crippen molar-refractivity contribution in [1.29, 1.82) is 0 Å². The van der Waals surface area contributed by atoms with Crippen molar-refractivity contribution in [3.63, 3.8) is 0 Å². The quantitative estimate of drug-likeness (QED) is 0.0970. The van der Waals surface area contributed by atoms with E-state index in [1.807, 2.05) is 13.8 Å². The largest absolute Gasteiger partial charge is 0.508 e. The van der Waals surface area contributed by atoms with E-state index in [-0.39, 0.29) is 71.3 Å². The lowest BCUT2D eigenvalue weighted by atomic mass is 9.90. The van der Waals surface area contributed by atoms with Crippen LogP contribution in [0.1, 0.15) is 29.8 Å². The van der Waals surface area contributed by atoms with E-state index in [0.717, 1.165) is 0 Å². The van der Waals surface area contributed by atoms with Gasteiger partial charge < -0.3 is 29.8 Å². The van der Waals surface area contributed by atoms with Crippen molar-refractivity contribution < 1.29 is 39.1 Å². The number of aromatic hydroxyl groups is 1. The van der Waals surface area contributed by atoms with E-state index in [9.17, 15) is 29.7 Å². The Bertz CT molecular complexity index is 1570. The first-order valence-corrected chi connectivity index (χ1v) is 11.9. The molecular formula is C28H27N2O8+. The third-order valence-corrected chi connectivity index (χ3v) is 5.76. The molecule has 196 valence electrons. The summed E-state index contributed by atoms with van der Waals surface area (Å²) >= 11 is 0. The smallest absolute Gasteiger partial charge is 0.365 e. The first-order valence-electron chi connectivity index (χ1n) is 11.9. The van der Waals surface area contributed by atoms with E-state index in [4.69, 9.17) is 9.15 Å². The molecule has 0 atom stereocenters. The van der Waals surface area contributed by atoms with E-state index in [0.29, 0.717) is 22.1 Å². The number of aliphatic hydroxyl groups is 1. The van der Waals surface area contributed by atoms with Crippen LogP contribution >= 0.6 is 0 Å². The number of hydrogen-bond donors (Lipinski definition) is 5. The zero-order valence-corrected chi connectivity index (χ0v) is 20.8. The Balaban J connectivity index is 1.69. The van der Waals surface area contributed by atoms with Crippen LogP contribution in [0.15, 0.2) is 63.8 Å². The highest BCUT2D eigenvalue weighted by Gasteiger charge is 2.23. The molecule has 1 heterocycles. The number of carboxylic acid groups (broad SMARTS) is 1. The van der Waals surface area contributed by atoms with E-state index in [1.165, 1.54) is 30.3 Å². The lowest BCUT2D eigenvalue weighted by Crippen LogP contribution is -2.75. The zero-order valence-electron chi connectivity index (χ0n) is 20.8. The van der Waals surface area contributed by atoms with Gasteiger partial charge in [-0.15, -0.1) is 0 Å². The van der Waals surface area contributed by atoms with Gasteiger partial charge in [0.2, 0.25) is 5.91 Å². The molecule has 1 amide bonds. The van der Waals surface area contributed by atoms with Gasteiger partial charge in [-0.05, 0) is 55.8 Å². The van der Waals surface area contributed by atoms with Crippen LogP contribution in [0, 0.1) is 0 Å². The Hall–Kier alpha value is -4.70. The minimum absolute atomic E-state index is 0.0483. The van der Waals surface area contributed by atoms with Gasteiger partial charge in [-0.3, -0.25) is 9.59 Å². The number of aromatic carboxylic acids is 1. The summed E-state index contributed by atoms with van der Waals surface area (Å²) in [6, 6.07) is 13.1. The Morgan fingerprint density at radius 1 is 1.03 bits per heavy atom. The first kappa shape index (κ1) is 26.4. The molecule has 4 rings (SSSR count). The van der Waals surface area contributed by atoms with Crippen molar-refractivity contribution in [3.05, 3.63) is 75.9 Å². The van der Waals surface area contributed by atoms with Crippen LogP contribution < -0.4 is 15.7 Å². The molecule has 2 aromatic rings. The van der Waals surface area contributed by atoms with Crippen LogP contribution in [0.4, 0.5) is 0 Å². The number of hydrogen-bond acceptors (Lipinski definition) is 6. The molecule has 2 aromatic carbocycles. The van der Waals surface area contributed by atoms with Crippen LogP contribution in [0.3, 0.4) is 0 Å². The minimum atomic E-state index is -1.23. The predicted octanol–water partition coefficient (Wildman–Crippen LogP) is 1.90. The van der Waals surface area contributed by atoms with Crippen LogP contribution in [-0.4, -0.2) is 58.9 Å². The van der Waals surface area contributed by atoms with Crippen LogP contribution in [0.2, 0.25) is 0 Å². The molecule has 0 aromatic heterocycles. The van der Waals surface area contributed by atoms with Crippen LogP contribution in [0.5, 0.6) is 5.75 Å². The fourth-order valence-electron chi connectivity index (χ4n) is 4.01. The van der Waals surface area contributed by atoms with E-state index >= 15 is 0 Å². The van der Waals surface area contributed by atoms with E-state index in [1.54, 1.807) is 24.3 Å². The average molecular weight is 520 g/mol. The van der Waals surface area contributed by atoms with Crippen LogP contribution in [-0.2, 0) is 9.53 Å². The Morgan fingerprint density at radius 3 is 2.53 bits per heavy atom. The summed E-state index contributed by atoms with van der Waals surface area (Å²) in [5.74, 6) is -1.58. The Morgan fingerprint density at radius 2 is 1.79 bits per heavy atom. The van der Waals surface area contributed by atoms with Crippen molar-refractivity contribution in [2.45, 2.75) is 20.0 Å². The summed E-state index contributed by atoms with van der Waals surface area (Å²) in [6.45, 7) is 3.99. The van der Waals surface area contributed by atoms with Gasteiger partial charge >= 0.3 is 11.9 Å². The second-order valence-electron chi connectivity index (χ2n) is 8.87. The highest BCUT2D eigenvalue weighted by atomic mass is 16.5. The summed E-state index contributed by atoms with van der Waals surface area (Å²) in [5.41, 5.74) is 1.48. The fourth-order valence-corrected chi connectivity index (χ4v) is 4.01. The van der Waals surface area contributed by atoms with Gasteiger partial charge in [-0.2, -0.15) is 0 Å². The van der Waals surface area contributed by atoms with Crippen molar-refractivity contribution in [2.24, 2.45) is 0 Å². The lowest BCUT2D eigenvalue weighted by Gasteiger charge is -2.17. The maximum Gasteiger partial charge on any atom is 0.365 e. The van der Waals surface area contributed by atoms with E-state index in [2.05, 4.69) is 10.3 Å². The molecule has 0 bridgehead atoms. The maximum absolute atomic E-state index is 12.3. The fraction of sp³-hybridized carbons (Fsp3) is 0.214. The van der Waals surface area contributed by atoms with E-state index < -0.39 is 5.97 Å². The normalized spacial score (nSPS) is 11.8. The van der Waals surface area contributed by atoms with Gasteiger partial charge in [0.05, 0.1) is 23.8 Å². The summed E-state index contributed by atoms with van der Waals surface area (Å²) in [7, 11) is 0. The molecule has 10 nitrogen and oxygen atoms in total. The monoisotopic (exact) mass is 519 g/mol. The second-order valence-corrected chi connectivity index (χ2v) is 8.87. The molecule has 5 N–H and O–H groups in total. The molecule has 10 heteroatoms. The predicted molar refractivity (Wildman–Crippen MR) is 140 cm³/mol. The number of phenolic OH excluding ortho intramolecular Hbond substituents is 1. The van der Waals surface area contributed by atoms with Gasteiger partial charge in [0, 0.05) is 28.6 Å². The molecule has 0 saturated heterocycles. The SMILES string of the molecule is CC(C)OCC(=O)NCC[NH+]=C(O)c1ccc(-c2c3ccc(=O)cc-3oc3cc(O)ccc23)c(C(=O)O)c1.